The van der Waals surface area contributed by atoms with E-state index >= 15 is 0 Å². The molecule has 100 valence electrons. The monoisotopic (exact) mass is 259 g/mol. The summed E-state index contributed by atoms with van der Waals surface area (Å²) in [7, 11) is 1.33. The number of methoxy groups -OCH3 is 1. The second-order valence-corrected chi connectivity index (χ2v) is 3.75. The third-order valence-corrected chi connectivity index (χ3v) is 2.66. The molecule has 1 fully saturated rings. The predicted octanol–water partition coefficient (Wildman–Crippen LogP) is -2.74. The highest BCUT2D eigenvalue weighted by Gasteiger charge is 2.44. The third-order valence-electron chi connectivity index (χ3n) is 2.66. The van der Waals surface area contributed by atoms with Gasteiger partial charge in [0.15, 0.2) is 6.23 Å². The molecular weight excluding hydrogens is 246 g/mol. The maximum atomic E-state index is 11.6. The van der Waals surface area contributed by atoms with Crippen molar-refractivity contribution >= 4 is 0 Å². The van der Waals surface area contributed by atoms with Gasteiger partial charge in [-0.3, -0.25) is 0 Å². The Bertz CT molecular complexity index is 478. The second-order valence-electron chi connectivity index (χ2n) is 3.75. The van der Waals surface area contributed by atoms with Gasteiger partial charge in [-0.25, -0.2) is 4.79 Å². The van der Waals surface area contributed by atoms with E-state index in [9.17, 15) is 15.0 Å². The van der Waals surface area contributed by atoms with E-state index in [0.29, 0.717) is 0 Å². The van der Waals surface area contributed by atoms with Gasteiger partial charge in [0.05, 0.1) is 13.7 Å². The number of rotatable bonds is 3. The zero-order chi connectivity index (χ0) is 13.3. The Kier molecular flexibility index (Phi) is 3.57. The van der Waals surface area contributed by atoms with Crippen molar-refractivity contribution in [3.63, 3.8) is 0 Å². The first kappa shape index (κ1) is 12.9. The Labute approximate surface area is 101 Å². The van der Waals surface area contributed by atoms with Gasteiger partial charge in [0, 0.05) is 0 Å². The first-order valence-corrected chi connectivity index (χ1v) is 5.20. The minimum absolute atomic E-state index is 0.0305. The summed E-state index contributed by atoms with van der Waals surface area (Å²) in [6, 6.07) is 0. The number of aliphatic hydroxyl groups excluding tert-OH is 3. The van der Waals surface area contributed by atoms with Crippen LogP contribution < -0.4 is 10.4 Å². The maximum Gasteiger partial charge on any atom is 0.369 e. The minimum Gasteiger partial charge on any atom is -0.480 e. The summed E-state index contributed by atoms with van der Waals surface area (Å²) in [6.07, 6.45) is -3.65. The van der Waals surface area contributed by atoms with Gasteiger partial charge in [-0.1, -0.05) is 0 Å². The molecular formula is C9H13N3O6. The van der Waals surface area contributed by atoms with Gasteiger partial charge in [0.2, 0.25) is 5.88 Å². The van der Waals surface area contributed by atoms with Crippen LogP contribution in [-0.4, -0.2) is 62.1 Å². The molecule has 0 aliphatic carbocycles. The van der Waals surface area contributed by atoms with E-state index in [4.69, 9.17) is 14.6 Å². The van der Waals surface area contributed by atoms with Crippen molar-refractivity contribution in [2.45, 2.75) is 24.5 Å². The number of nitrogens with zero attached hydrogens (tertiary/aromatic N) is 3. The van der Waals surface area contributed by atoms with Crippen molar-refractivity contribution in [1.82, 2.24) is 14.8 Å². The number of ether oxygens (including phenoxy) is 2. The zero-order valence-electron chi connectivity index (χ0n) is 9.50. The smallest absolute Gasteiger partial charge is 0.369 e. The van der Waals surface area contributed by atoms with Crippen LogP contribution in [0.1, 0.15) is 6.23 Å². The molecule has 18 heavy (non-hydrogen) atoms. The van der Waals surface area contributed by atoms with Gasteiger partial charge in [-0.05, 0) is 0 Å². The first-order valence-electron chi connectivity index (χ1n) is 5.20. The number of aromatic nitrogens is 3. The SMILES string of the molecule is COc1cnn(C2OC(CO)C(O)C2O)c(=O)n1. The summed E-state index contributed by atoms with van der Waals surface area (Å²) in [4.78, 5) is 15.1. The van der Waals surface area contributed by atoms with E-state index in [1.165, 1.54) is 13.3 Å². The van der Waals surface area contributed by atoms with Crippen LogP contribution in [0.5, 0.6) is 5.88 Å². The maximum absolute atomic E-state index is 11.6. The Balaban J connectivity index is 2.30. The summed E-state index contributed by atoms with van der Waals surface area (Å²) in [5.74, 6) is 0.0305. The minimum atomic E-state index is -1.37. The largest absolute Gasteiger partial charge is 0.480 e. The number of hydrogen-bond acceptors (Lipinski definition) is 8. The molecule has 0 radical (unpaired) electrons. The molecule has 0 aromatic carbocycles. The summed E-state index contributed by atoms with van der Waals surface area (Å²) in [5.41, 5.74) is -0.788. The van der Waals surface area contributed by atoms with Crippen molar-refractivity contribution in [3.8, 4) is 5.88 Å². The zero-order valence-corrected chi connectivity index (χ0v) is 9.50. The Morgan fingerprint density at radius 3 is 2.72 bits per heavy atom. The topological polar surface area (TPSA) is 127 Å². The van der Waals surface area contributed by atoms with Crippen molar-refractivity contribution in [3.05, 3.63) is 16.7 Å². The van der Waals surface area contributed by atoms with E-state index < -0.39 is 36.8 Å². The lowest BCUT2D eigenvalue weighted by Crippen LogP contribution is -2.37. The molecule has 1 aromatic rings. The van der Waals surface area contributed by atoms with E-state index in [1.807, 2.05) is 0 Å². The number of hydrogen-bond donors (Lipinski definition) is 3. The molecule has 1 aromatic heterocycles. The molecule has 0 amide bonds. The number of aliphatic hydroxyl groups is 3. The molecule has 1 aliphatic heterocycles. The fraction of sp³-hybridized carbons (Fsp3) is 0.667. The normalized spacial score (nSPS) is 31.6. The lowest BCUT2D eigenvalue weighted by atomic mass is 10.1. The fourth-order valence-corrected chi connectivity index (χ4v) is 1.69. The molecule has 1 saturated heterocycles. The van der Waals surface area contributed by atoms with E-state index in [2.05, 4.69) is 10.1 Å². The van der Waals surface area contributed by atoms with Gasteiger partial charge >= 0.3 is 5.69 Å². The molecule has 4 unspecified atom stereocenters. The lowest BCUT2D eigenvalue weighted by molar-refractivity contribution is -0.0619. The Hall–Kier alpha value is -1.55. The Morgan fingerprint density at radius 2 is 2.22 bits per heavy atom. The van der Waals surface area contributed by atoms with Crippen LogP contribution in [0.4, 0.5) is 0 Å². The standard InChI is InChI=1S/C9H13N3O6/c1-17-5-2-10-12(9(16)11-5)8-7(15)6(14)4(3-13)18-8/h2,4,6-8,13-15H,3H2,1H3. The highest BCUT2D eigenvalue weighted by Crippen LogP contribution is 2.27. The summed E-state index contributed by atoms with van der Waals surface area (Å²) >= 11 is 0. The molecule has 9 nitrogen and oxygen atoms in total. The fourth-order valence-electron chi connectivity index (χ4n) is 1.69. The molecule has 1 aliphatic rings. The van der Waals surface area contributed by atoms with Crippen LogP contribution in [-0.2, 0) is 4.74 Å². The van der Waals surface area contributed by atoms with Crippen LogP contribution in [0.3, 0.4) is 0 Å². The molecule has 0 saturated carbocycles. The van der Waals surface area contributed by atoms with Crippen molar-refractivity contribution in [2.24, 2.45) is 0 Å². The molecule has 4 atom stereocenters. The average molecular weight is 259 g/mol. The average Bonchev–Trinajstić information content (AvgIpc) is 2.66. The Morgan fingerprint density at radius 1 is 1.50 bits per heavy atom. The van der Waals surface area contributed by atoms with Crippen molar-refractivity contribution < 1.29 is 24.8 Å². The van der Waals surface area contributed by atoms with Crippen molar-refractivity contribution in [2.75, 3.05) is 13.7 Å². The highest BCUT2D eigenvalue weighted by molar-refractivity contribution is 4.99. The van der Waals surface area contributed by atoms with E-state index in [-0.39, 0.29) is 5.88 Å². The molecule has 0 bridgehead atoms. The summed E-state index contributed by atoms with van der Waals surface area (Å²) < 4.78 is 10.7. The van der Waals surface area contributed by atoms with Gasteiger partial charge in [-0.2, -0.15) is 14.8 Å². The molecule has 0 spiro atoms. The van der Waals surface area contributed by atoms with Gasteiger partial charge in [0.1, 0.15) is 24.5 Å². The quantitative estimate of drug-likeness (QED) is 0.533. The molecule has 9 heteroatoms. The molecule has 2 rings (SSSR count). The van der Waals surface area contributed by atoms with Gasteiger partial charge < -0.3 is 24.8 Å². The molecule has 3 N–H and O–H groups in total. The van der Waals surface area contributed by atoms with Crippen LogP contribution in [0.2, 0.25) is 0 Å². The van der Waals surface area contributed by atoms with E-state index in [0.717, 1.165) is 4.68 Å². The molecule has 2 heterocycles. The van der Waals surface area contributed by atoms with Gasteiger partial charge in [0.25, 0.3) is 0 Å². The highest BCUT2D eigenvalue weighted by atomic mass is 16.6. The van der Waals surface area contributed by atoms with Crippen LogP contribution >= 0.6 is 0 Å². The van der Waals surface area contributed by atoms with E-state index in [1.54, 1.807) is 0 Å². The summed E-state index contributed by atoms with van der Waals surface area (Å²) in [5, 5.41) is 31.9. The first-order chi connectivity index (χ1) is 8.58. The lowest BCUT2D eigenvalue weighted by Gasteiger charge is -2.15. The van der Waals surface area contributed by atoms with Crippen LogP contribution in [0.25, 0.3) is 0 Å². The second kappa shape index (κ2) is 4.98. The van der Waals surface area contributed by atoms with Crippen molar-refractivity contribution in [1.29, 1.82) is 0 Å². The summed E-state index contributed by atoms with van der Waals surface area (Å²) in [6.45, 7) is -0.479. The third kappa shape index (κ3) is 2.08. The van der Waals surface area contributed by atoms with Crippen LogP contribution in [0, 0.1) is 0 Å². The van der Waals surface area contributed by atoms with Gasteiger partial charge in [-0.15, -0.1) is 0 Å². The predicted molar refractivity (Wildman–Crippen MR) is 55.9 cm³/mol. The van der Waals surface area contributed by atoms with Crippen LogP contribution in [0.15, 0.2) is 11.0 Å².